The molecule has 1 aliphatic heterocycles. The van der Waals surface area contributed by atoms with Gasteiger partial charge in [-0.05, 0) is 32.9 Å². The number of carboxylic acid groups (broad SMARTS) is 1. The van der Waals surface area contributed by atoms with E-state index in [1.807, 2.05) is 25.9 Å². The van der Waals surface area contributed by atoms with Crippen LogP contribution < -0.4 is 5.32 Å². The van der Waals surface area contributed by atoms with Crippen LogP contribution >= 0.6 is 0 Å². The van der Waals surface area contributed by atoms with Crippen LogP contribution in [-0.2, 0) is 4.79 Å². The van der Waals surface area contributed by atoms with Crippen LogP contribution in [0.25, 0.3) is 0 Å². The number of hydrogen-bond donors (Lipinski definition) is 2. The molecule has 0 aromatic carbocycles. The number of nitrogens with one attached hydrogen (secondary N) is 1. The highest BCUT2D eigenvalue weighted by atomic mass is 16.4. The SMILES string of the molecule is CC(CNC(=O)N1CCCC(N(C)C)C1)CC(=O)O. The van der Waals surface area contributed by atoms with E-state index in [1.165, 1.54) is 0 Å². The Kier molecular flexibility index (Phi) is 6.08. The third kappa shape index (κ3) is 5.46. The van der Waals surface area contributed by atoms with Gasteiger partial charge in [0.05, 0.1) is 0 Å². The van der Waals surface area contributed by atoms with Gasteiger partial charge in [0, 0.05) is 32.1 Å². The second-order valence-electron chi connectivity index (χ2n) is 5.59. The van der Waals surface area contributed by atoms with Crippen LogP contribution in [0.1, 0.15) is 26.2 Å². The maximum absolute atomic E-state index is 12.0. The Morgan fingerprint density at radius 2 is 2.16 bits per heavy atom. The molecule has 1 rings (SSSR count). The predicted molar refractivity (Wildman–Crippen MR) is 73.1 cm³/mol. The number of amides is 2. The number of nitrogens with zero attached hydrogens (tertiary/aromatic N) is 2. The Balaban J connectivity index is 2.34. The number of carboxylic acids is 1. The van der Waals surface area contributed by atoms with Crippen LogP contribution in [0, 0.1) is 5.92 Å². The summed E-state index contributed by atoms with van der Waals surface area (Å²) in [5, 5.41) is 11.5. The van der Waals surface area contributed by atoms with E-state index in [-0.39, 0.29) is 18.4 Å². The number of hydrogen-bond acceptors (Lipinski definition) is 3. The number of rotatable bonds is 5. The maximum Gasteiger partial charge on any atom is 0.317 e. The molecule has 6 heteroatoms. The van der Waals surface area contributed by atoms with Gasteiger partial charge in [-0.1, -0.05) is 6.92 Å². The van der Waals surface area contributed by atoms with Crippen molar-refractivity contribution < 1.29 is 14.7 Å². The Morgan fingerprint density at radius 3 is 2.74 bits per heavy atom. The normalized spacial score (nSPS) is 21.3. The standard InChI is InChI=1S/C13H25N3O3/c1-10(7-12(17)18)8-14-13(19)16-6-4-5-11(9-16)15(2)3/h10-11H,4-9H2,1-3H3,(H,14,19)(H,17,18). The summed E-state index contributed by atoms with van der Waals surface area (Å²) in [6.45, 7) is 3.76. The Morgan fingerprint density at radius 1 is 1.47 bits per heavy atom. The molecule has 2 N–H and O–H groups in total. The van der Waals surface area contributed by atoms with Gasteiger partial charge in [0.2, 0.25) is 0 Å². The average Bonchev–Trinajstić information content (AvgIpc) is 2.35. The molecule has 2 atom stereocenters. The van der Waals surface area contributed by atoms with Crippen molar-refractivity contribution >= 4 is 12.0 Å². The second-order valence-corrected chi connectivity index (χ2v) is 5.59. The molecule has 0 radical (unpaired) electrons. The van der Waals surface area contributed by atoms with Crippen LogP contribution in [0.2, 0.25) is 0 Å². The van der Waals surface area contributed by atoms with E-state index >= 15 is 0 Å². The lowest BCUT2D eigenvalue weighted by atomic mass is 10.1. The van der Waals surface area contributed by atoms with E-state index in [0.29, 0.717) is 12.6 Å². The van der Waals surface area contributed by atoms with Crippen molar-refractivity contribution in [1.82, 2.24) is 15.1 Å². The minimum absolute atomic E-state index is 0.0455. The number of carbonyl (C=O) groups is 2. The average molecular weight is 271 g/mol. The molecule has 0 aliphatic carbocycles. The van der Waals surface area contributed by atoms with Gasteiger partial charge < -0.3 is 20.2 Å². The van der Waals surface area contributed by atoms with Crippen LogP contribution in [0.5, 0.6) is 0 Å². The fraction of sp³-hybridized carbons (Fsp3) is 0.846. The summed E-state index contributed by atoms with van der Waals surface area (Å²) in [6, 6.07) is 0.333. The number of piperidine rings is 1. The van der Waals surface area contributed by atoms with Crippen molar-refractivity contribution in [2.45, 2.75) is 32.2 Å². The van der Waals surface area contributed by atoms with E-state index in [9.17, 15) is 9.59 Å². The summed E-state index contributed by atoms with van der Waals surface area (Å²) in [5.41, 5.74) is 0. The summed E-state index contributed by atoms with van der Waals surface area (Å²) in [5.74, 6) is -0.872. The highest BCUT2D eigenvalue weighted by Crippen LogP contribution is 2.13. The molecule has 1 heterocycles. The summed E-state index contributed by atoms with van der Waals surface area (Å²) >= 11 is 0. The first-order valence-corrected chi connectivity index (χ1v) is 6.81. The van der Waals surface area contributed by atoms with Crippen LogP contribution in [0.15, 0.2) is 0 Å². The lowest BCUT2D eigenvalue weighted by Gasteiger charge is -2.36. The predicted octanol–water partition coefficient (Wildman–Crippen LogP) is 0.833. The third-order valence-electron chi connectivity index (χ3n) is 3.54. The molecular weight excluding hydrogens is 246 g/mol. The highest BCUT2D eigenvalue weighted by Gasteiger charge is 2.24. The number of urea groups is 1. The van der Waals surface area contributed by atoms with Crippen molar-refractivity contribution in [3.63, 3.8) is 0 Å². The lowest BCUT2D eigenvalue weighted by molar-refractivity contribution is -0.137. The van der Waals surface area contributed by atoms with E-state index in [4.69, 9.17) is 5.11 Å². The van der Waals surface area contributed by atoms with Gasteiger partial charge in [0.15, 0.2) is 0 Å². The molecule has 1 aliphatic rings. The molecule has 2 amide bonds. The molecule has 0 aromatic heterocycles. The minimum Gasteiger partial charge on any atom is -0.481 e. The van der Waals surface area contributed by atoms with Crippen molar-refractivity contribution in [3.05, 3.63) is 0 Å². The van der Waals surface area contributed by atoms with Crippen molar-refractivity contribution in [1.29, 1.82) is 0 Å². The van der Waals surface area contributed by atoms with Gasteiger partial charge in [0.25, 0.3) is 0 Å². The molecule has 0 aromatic rings. The molecule has 110 valence electrons. The van der Waals surface area contributed by atoms with Crippen LogP contribution in [0.4, 0.5) is 4.79 Å². The lowest BCUT2D eigenvalue weighted by Crippen LogP contribution is -2.51. The zero-order valence-corrected chi connectivity index (χ0v) is 12.1. The summed E-state index contributed by atoms with van der Waals surface area (Å²) < 4.78 is 0. The van der Waals surface area contributed by atoms with Gasteiger partial charge in [-0.3, -0.25) is 4.79 Å². The van der Waals surface area contributed by atoms with Crippen molar-refractivity contribution in [2.75, 3.05) is 33.7 Å². The second kappa shape index (κ2) is 7.33. The smallest absolute Gasteiger partial charge is 0.317 e. The summed E-state index contributed by atoms with van der Waals surface area (Å²) in [6.07, 6.45) is 2.22. The number of likely N-dealkylation sites (N-methyl/N-ethyl adjacent to an activating group) is 1. The molecular formula is C13H25N3O3. The van der Waals surface area contributed by atoms with Gasteiger partial charge in [-0.2, -0.15) is 0 Å². The zero-order valence-electron chi connectivity index (χ0n) is 12.1. The van der Waals surface area contributed by atoms with E-state index < -0.39 is 5.97 Å². The number of aliphatic carboxylic acids is 1. The van der Waals surface area contributed by atoms with Gasteiger partial charge in [0.1, 0.15) is 0 Å². The molecule has 0 saturated carbocycles. The summed E-state index contributed by atoms with van der Waals surface area (Å²) in [7, 11) is 4.06. The van der Waals surface area contributed by atoms with E-state index in [1.54, 1.807) is 0 Å². The fourth-order valence-corrected chi connectivity index (χ4v) is 2.30. The largest absolute Gasteiger partial charge is 0.481 e. The number of likely N-dealkylation sites (tertiary alicyclic amines) is 1. The Bertz CT molecular complexity index is 320. The van der Waals surface area contributed by atoms with Gasteiger partial charge >= 0.3 is 12.0 Å². The third-order valence-corrected chi connectivity index (χ3v) is 3.54. The topological polar surface area (TPSA) is 72.9 Å². The van der Waals surface area contributed by atoms with E-state index in [0.717, 1.165) is 25.9 Å². The van der Waals surface area contributed by atoms with Gasteiger partial charge in [-0.25, -0.2) is 4.79 Å². The molecule has 2 unspecified atom stereocenters. The molecule has 0 spiro atoms. The summed E-state index contributed by atoms with van der Waals surface area (Å²) in [4.78, 5) is 26.5. The monoisotopic (exact) mass is 271 g/mol. The molecule has 1 saturated heterocycles. The highest BCUT2D eigenvalue weighted by molar-refractivity contribution is 5.74. The Hall–Kier alpha value is -1.30. The minimum atomic E-state index is -0.826. The maximum atomic E-state index is 12.0. The first-order valence-electron chi connectivity index (χ1n) is 6.81. The van der Waals surface area contributed by atoms with Crippen molar-refractivity contribution in [3.8, 4) is 0 Å². The zero-order chi connectivity index (χ0) is 14.4. The Labute approximate surface area is 114 Å². The molecule has 1 fully saturated rings. The molecule has 6 nitrogen and oxygen atoms in total. The van der Waals surface area contributed by atoms with E-state index in [2.05, 4.69) is 10.2 Å². The van der Waals surface area contributed by atoms with Crippen molar-refractivity contribution in [2.24, 2.45) is 5.92 Å². The quantitative estimate of drug-likeness (QED) is 0.777. The van der Waals surface area contributed by atoms with Crippen LogP contribution in [-0.4, -0.2) is 66.7 Å². The first-order chi connectivity index (χ1) is 8.90. The molecule has 19 heavy (non-hydrogen) atoms. The van der Waals surface area contributed by atoms with Gasteiger partial charge in [-0.15, -0.1) is 0 Å². The number of carbonyl (C=O) groups excluding carboxylic acids is 1. The van der Waals surface area contributed by atoms with Crippen LogP contribution in [0.3, 0.4) is 0 Å². The first kappa shape index (κ1) is 15.8. The molecule has 0 bridgehead atoms. The fourth-order valence-electron chi connectivity index (χ4n) is 2.30.